The highest BCUT2D eigenvalue weighted by Crippen LogP contribution is 1.97. The van der Waals surface area contributed by atoms with Crippen LogP contribution in [0.1, 0.15) is 66.2 Å². The first-order valence-electron chi connectivity index (χ1n) is 18.1. The van der Waals surface area contributed by atoms with Gasteiger partial charge in [0.2, 0.25) is 5.91 Å². The van der Waals surface area contributed by atoms with E-state index in [0.29, 0.717) is 6.54 Å². The fourth-order valence-corrected chi connectivity index (χ4v) is 3.86. The van der Waals surface area contributed by atoms with Crippen LogP contribution in [0.25, 0.3) is 0 Å². The predicted octanol–water partition coefficient (Wildman–Crippen LogP) is 0.867. The Kier molecular flexibility index (Phi) is 38.2. The molecule has 0 spiro atoms. The summed E-state index contributed by atoms with van der Waals surface area (Å²) in [6.45, 7) is 23.2. The summed E-state index contributed by atoms with van der Waals surface area (Å²) in [6.07, 6.45) is 1.89. The lowest BCUT2D eigenvalue weighted by atomic mass is 10.3. The number of nitrogens with one attached hydrogen (secondary N) is 3. The Labute approximate surface area is 316 Å². The molecule has 0 aromatic heterocycles. The second kappa shape index (κ2) is 37.8. The Balaban J connectivity index is -0.000000785. The van der Waals surface area contributed by atoms with Crippen molar-refractivity contribution in [3.05, 3.63) is 24.3 Å². The van der Waals surface area contributed by atoms with Crippen molar-refractivity contribution in [2.75, 3.05) is 106 Å². The van der Waals surface area contributed by atoms with Crippen LogP contribution in [0, 0.1) is 0 Å². The van der Waals surface area contributed by atoms with Crippen molar-refractivity contribution in [3.8, 4) is 0 Å². The highest BCUT2D eigenvalue weighted by atomic mass is 16.6. The lowest BCUT2D eigenvalue weighted by Crippen LogP contribution is -2.38. The van der Waals surface area contributed by atoms with Crippen molar-refractivity contribution >= 4 is 35.8 Å². The summed E-state index contributed by atoms with van der Waals surface area (Å²) in [5, 5.41) is 17.3. The first-order valence-corrected chi connectivity index (χ1v) is 18.1. The molecular weight excluding hydrogens is 692 g/mol. The van der Waals surface area contributed by atoms with E-state index < -0.39 is 29.8 Å². The van der Waals surface area contributed by atoms with Crippen molar-refractivity contribution in [1.29, 1.82) is 0 Å². The van der Waals surface area contributed by atoms with Gasteiger partial charge in [-0.05, 0) is 53.9 Å². The third-order valence-corrected chi connectivity index (χ3v) is 6.59. The maximum Gasteiger partial charge on any atom is 0.333 e. The van der Waals surface area contributed by atoms with Crippen molar-refractivity contribution in [3.63, 3.8) is 0 Å². The topological polar surface area (TPSA) is 228 Å². The minimum Gasteiger partial charge on any atom is -0.481 e. The fourth-order valence-electron chi connectivity index (χ4n) is 3.86. The average Bonchev–Trinajstić information content (AvgIpc) is 3.11. The monoisotopic (exact) mass is 760 g/mol. The van der Waals surface area contributed by atoms with Gasteiger partial charge in [0.1, 0.15) is 26.4 Å². The van der Waals surface area contributed by atoms with Crippen molar-refractivity contribution < 1.29 is 52.8 Å². The second-order valence-corrected chi connectivity index (χ2v) is 11.7. The molecule has 0 heterocycles. The Bertz CT molecular complexity index is 1050. The Hall–Kier alpha value is -3.90. The SMILES string of the molecule is C=C(C)C(=O)OCCOC(=O)CCC(=O)NCCN(CCC)CCNC.C=C(C)C(=O)OCCOC(=O)CCC(=O)O.CCCN(CCN)CCNC. The Morgan fingerprint density at radius 2 is 1.00 bits per heavy atom. The largest absolute Gasteiger partial charge is 0.481 e. The van der Waals surface area contributed by atoms with E-state index in [1.54, 1.807) is 0 Å². The van der Waals surface area contributed by atoms with Crippen LogP contribution in [0.5, 0.6) is 0 Å². The molecule has 0 aliphatic carbocycles. The van der Waals surface area contributed by atoms with Crippen LogP contribution in [0.2, 0.25) is 0 Å². The molecule has 0 rings (SSSR count). The van der Waals surface area contributed by atoms with Crippen molar-refractivity contribution in [1.82, 2.24) is 25.8 Å². The van der Waals surface area contributed by atoms with Gasteiger partial charge in [-0.15, -0.1) is 0 Å². The molecule has 0 aliphatic rings. The number of esters is 4. The molecule has 1 amide bonds. The molecular formula is C36H68N6O11. The lowest BCUT2D eigenvalue weighted by molar-refractivity contribution is -0.151. The summed E-state index contributed by atoms with van der Waals surface area (Å²) >= 11 is 0. The molecule has 0 aliphatic heterocycles. The van der Waals surface area contributed by atoms with Gasteiger partial charge in [-0.25, -0.2) is 9.59 Å². The summed E-state index contributed by atoms with van der Waals surface area (Å²) in [5.41, 5.74) is 6.02. The van der Waals surface area contributed by atoms with Gasteiger partial charge in [-0.3, -0.25) is 19.2 Å². The minimum absolute atomic E-state index is 0.00129. The molecule has 6 N–H and O–H groups in total. The first-order chi connectivity index (χ1) is 25.2. The number of amides is 1. The summed E-state index contributed by atoms with van der Waals surface area (Å²) in [4.78, 5) is 70.9. The van der Waals surface area contributed by atoms with E-state index in [0.717, 1.165) is 58.8 Å². The third kappa shape index (κ3) is 39.1. The van der Waals surface area contributed by atoms with Gasteiger partial charge in [0.05, 0.1) is 19.3 Å². The number of carbonyl (C=O) groups is 6. The third-order valence-electron chi connectivity index (χ3n) is 6.59. The van der Waals surface area contributed by atoms with E-state index in [2.05, 4.69) is 62.2 Å². The molecule has 0 aromatic rings. The van der Waals surface area contributed by atoms with Crippen LogP contribution in [0.3, 0.4) is 0 Å². The number of nitrogens with zero attached hydrogens (tertiary/aromatic N) is 2. The van der Waals surface area contributed by atoms with E-state index in [9.17, 15) is 28.8 Å². The molecule has 0 saturated heterocycles. The van der Waals surface area contributed by atoms with Gasteiger partial charge >= 0.3 is 29.8 Å². The van der Waals surface area contributed by atoms with E-state index in [1.807, 2.05) is 14.1 Å². The zero-order valence-electron chi connectivity index (χ0n) is 33.1. The zero-order chi connectivity index (χ0) is 40.9. The maximum absolute atomic E-state index is 11.8. The quantitative estimate of drug-likeness (QED) is 0.0308. The normalized spacial score (nSPS) is 10.2. The van der Waals surface area contributed by atoms with Gasteiger partial charge in [0.15, 0.2) is 0 Å². The molecule has 0 fully saturated rings. The van der Waals surface area contributed by atoms with Gasteiger partial charge in [-0.2, -0.15) is 0 Å². The standard InChI is InChI=1S/C18H33N3O5.C10H14O6.C8H21N3/c1-5-10-21(11-8-19-4)12-9-20-16(22)6-7-17(23)25-13-14-26-18(24)15(2)3;1-7(2)10(14)16-6-5-15-9(13)4-3-8(11)12;1-3-6-11(7-4-9)8-5-10-2/h19H,2,5-14H2,1,3-4H3,(H,20,22);1,3-6H2,2H3,(H,11,12);10H,3-9H2,1-2H3. The lowest BCUT2D eigenvalue weighted by Gasteiger charge is -2.21. The number of hydrogen-bond donors (Lipinski definition) is 5. The molecule has 53 heavy (non-hydrogen) atoms. The molecule has 0 saturated carbocycles. The molecule has 0 atom stereocenters. The minimum atomic E-state index is -1.06. The first kappa shape index (κ1) is 53.5. The van der Waals surface area contributed by atoms with Crippen LogP contribution in [-0.4, -0.2) is 157 Å². The molecule has 308 valence electrons. The molecule has 0 aromatic carbocycles. The number of aliphatic carboxylic acids is 1. The maximum atomic E-state index is 11.8. The number of hydrogen-bond acceptors (Lipinski definition) is 15. The predicted molar refractivity (Wildman–Crippen MR) is 203 cm³/mol. The highest BCUT2D eigenvalue weighted by Gasteiger charge is 2.11. The molecule has 0 unspecified atom stereocenters. The molecule has 17 nitrogen and oxygen atoms in total. The summed E-state index contributed by atoms with van der Waals surface area (Å²) < 4.78 is 19.0. The van der Waals surface area contributed by atoms with Crippen LogP contribution >= 0.6 is 0 Å². The van der Waals surface area contributed by atoms with E-state index in [-0.39, 0.29) is 69.2 Å². The number of rotatable bonds is 29. The fraction of sp³-hybridized carbons (Fsp3) is 0.722. The summed E-state index contributed by atoms with van der Waals surface area (Å²) in [6, 6.07) is 0. The summed E-state index contributed by atoms with van der Waals surface area (Å²) in [5.74, 6) is -3.44. The van der Waals surface area contributed by atoms with Gasteiger partial charge in [0.25, 0.3) is 0 Å². The number of ether oxygens (including phenoxy) is 4. The second-order valence-electron chi connectivity index (χ2n) is 11.7. The van der Waals surface area contributed by atoms with Crippen LogP contribution < -0.4 is 21.7 Å². The van der Waals surface area contributed by atoms with E-state index in [4.69, 9.17) is 20.3 Å². The smallest absolute Gasteiger partial charge is 0.333 e. The van der Waals surface area contributed by atoms with Crippen LogP contribution in [0.15, 0.2) is 24.3 Å². The summed E-state index contributed by atoms with van der Waals surface area (Å²) in [7, 11) is 3.89. The van der Waals surface area contributed by atoms with Crippen LogP contribution in [-0.2, 0) is 47.7 Å². The molecule has 17 heteroatoms. The average molecular weight is 761 g/mol. The number of nitrogens with two attached hydrogens (primary N) is 1. The van der Waals surface area contributed by atoms with E-state index >= 15 is 0 Å². The Morgan fingerprint density at radius 3 is 1.38 bits per heavy atom. The zero-order valence-corrected chi connectivity index (χ0v) is 33.1. The van der Waals surface area contributed by atoms with Gasteiger partial charge in [-0.1, -0.05) is 27.0 Å². The number of carboxylic acids is 1. The van der Waals surface area contributed by atoms with Crippen molar-refractivity contribution in [2.24, 2.45) is 5.73 Å². The number of carbonyl (C=O) groups excluding carboxylic acids is 5. The van der Waals surface area contributed by atoms with Crippen molar-refractivity contribution in [2.45, 2.75) is 66.2 Å². The Morgan fingerprint density at radius 1 is 0.604 bits per heavy atom. The molecule has 0 bridgehead atoms. The highest BCUT2D eigenvalue weighted by molar-refractivity contribution is 5.87. The van der Waals surface area contributed by atoms with Gasteiger partial charge in [0, 0.05) is 69.9 Å². The number of likely N-dealkylation sites (N-methyl/N-ethyl adjacent to an activating group) is 2. The molecule has 0 radical (unpaired) electrons. The van der Waals surface area contributed by atoms with Crippen LogP contribution in [0.4, 0.5) is 0 Å². The van der Waals surface area contributed by atoms with E-state index in [1.165, 1.54) is 26.8 Å². The van der Waals surface area contributed by atoms with Gasteiger partial charge < -0.3 is 55.5 Å². The number of carboxylic acid groups (broad SMARTS) is 1.